The number of anilines is 1. The highest BCUT2D eigenvalue weighted by Crippen LogP contribution is 2.44. The van der Waals surface area contributed by atoms with Crippen LogP contribution in [0, 0.1) is 11.3 Å². The first-order valence-corrected chi connectivity index (χ1v) is 13.3. The summed E-state index contributed by atoms with van der Waals surface area (Å²) in [6.07, 6.45) is -2.41. The van der Waals surface area contributed by atoms with Crippen molar-refractivity contribution in [2.24, 2.45) is 11.3 Å². The Kier molecular flexibility index (Phi) is 6.74. The molecule has 0 fully saturated rings. The summed E-state index contributed by atoms with van der Waals surface area (Å²) in [4.78, 5) is 31.3. The molecule has 1 N–H and O–H groups in total. The quantitative estimate of drug-likeness (QED) is 0.284. The van der Waals surface area contributed by atoms with Crippen LogP contribution in [0.1, 0.15) is 64.2 Å². The lowest BCUT2D eigenvalue weighted by Gasteiger charge is -2.33. The lowest BCUT2D eigenvalue weighted by atomic mass is 9.72. The predicted molar refractivity (Wildman–Crippen MR) is 142 cm³/mol. The molecule has 1 aliphatic carbocycles. The van der Waals surface area contributed by atoms with Crippen molar-refractivity contribution < 1.29 is 27.5 Å². The summed E-state index contributed by atoms with van der Waals surface area (Å²) in [6, 6.07) is 10.6. The van der Waals surface area contributed by atoms with Crippen molar-refractivity contribution in [3.05, 3.63) is 69.9 Å². The van der Waals surface area contributed by atoms with Crippen molar-refractivity contribution in [2.45, 2.75) is 46.2 Å². The maximum absolute atomic E-state index is 14.0. The smallest absolute Gasteiger partial charge is 0.433 e. The molecule has 0 bridgehead atoms. The fraction of sp³-hybridized carbons (Fsp3) is 0.357. The van der Waals surface area contributed by atoms with Crippen LogP contribution in [0.2, 0.25) is 0 Å². The fourth-order valence-corrected chi connectivity index (χ4v) is 6.25. The van der Waals surface area contributed by atoms with E-state index in [2.05, 4.69) is 36.2 Å². The summed E-state index contributed by atoms with van der Waals surface area (Å²) in [5.74, 6) is -0.909. The van der Waals surface area contributed by atoms with Crippen LogP contribution in [-0.4, -0.2) is 33.6 Å². The van der Waals surface area contributed by atoms with E-state index < -0.39 is 23.7 Å². The summed E-state index contributed by atoms with van der Waals surface area (Å²) in [7, 11) is 1.27. The van der Waals surface area contributed by atoms with Crippen molar-refractivity contribution >= 4 is 33.9 Å². The van der Waals surface area contributed by atoms with Gasteiger partial charge in [-0.15, -0.1) is 11.3 Å². The van der Waals surface area contributed by atoms with Gasteiger partial charge in [0.15, 0.2) is 17.0 Å². The van der Waals surface area contributed by atoms with Crippen LogP contribution in [-0.2, 0) is 23.8 Å². The zero-order chi connectivity index (χ0) is 28.1. The molecule has 0 saturated heterocycles. The lowest BCUT2D eigenvalue weighted by molar-refractivity contribution is -0.142. The van der Waals surface area contributed by atoms with Crippen LogP contribution in [0.3, 0.4) is 0 Å². The van der Waals surface area contributed by atoms with E-state index in [-0.39, 0.29) is 22.5 Å². The van der Waals surface area contributed by atoms with E-state index in [1.165, 1.54) is 24.5 Å². The number of thiophene rings is 1. The van der Waals surface area contributed by atoms with Crippen LogP contribution in [0.25, 0.3) is 16.9 Å². The number of carbonyl (C=O) groups excluding carboxylic acids is 2. The van der Waals surface area contributed by atoms with Gasteiger partial charge in [0.1, 0.15) is 5.00 Å². The highest BCUT2D eigenvalue weighted by Gasteiger charge is 2.37. The molecule has 1 amide bonds. The number of rotatable bonds is 4. The molecule has 204 valence electrons. The summed E-state index contributed by atoms with van der Waals surface area (Å²) in [6.45, 7) is 6.53. The number of hydrogen-bond donors (Lipinski definition) is 1. The molecular formula is C28H27F3N4O3S. The largest absolute Gasteiger partial charge is 0.465 e. The van der Waals surface area contributed by atoms with Crippen LogP contribution in [0.15, 0.2) is 42.5 Å². The highest BCUT2D eigenvalue weighted by molar-refractivity contribution is 7.17. The highest BCUT2D eigenvalue weighted by atomic mass is 32.1. The monoisotopic (exact) mass is 556 g/mol. The standard InChI is InChI=1S/C28H27F3N4O3S/c1-27(2,3)16-10-11-17-20(12-16)39-25(23(17)26(37)38-4)33-24(36)19-14-22-32-18(15-8-6-5-7-9-15)13-21(28(29,30)31)35(22)34-19/h5-9,13-14,16H,10-12H2,1-4H3,(H,33,36)/t16-/m1/s1. The third kappa shape index (κ3) is 5.15. The van der Waals surface area contributed by atoms with Gasteiger partial charge in [0.2, 0.25) is 0 Å². The molecule has 3 heterocycles. The SMILES string of the molecule is COC(=O)c1c(NC(=O)c2cc3nc(-c4ccccc4)cc(C(F)(F)F)n3n2)sc2c1CC[C@@H](C(C)(C)C)C2. The summed E-state index contributed by atoms with van der Waals surface area (Å²) in [5.41, 5.74) is 0.393. The predicted octanol–water partition coefficient (Wildman–Crippen LogP) is 6.67. The molecule has 1 aromatic carbocycles. The van der Waals surface area contributed by atoms with Crippen molar-refractivity contribution in [3.63, 3.8) is 0 Å². The molecule has 3 aromatic heterocycles. The number of methoxy groups -OCH3 is 1. The fourth-order valence-electron chi connectivity index (χ4n) is 4.94. The van der Waals surface area contributed by atoms with Crippen LogP contribution in [0.4, 0.5) is 18.2 Å². The number of esters is 1. The number of carbonyl (C=O) groups is 2. The third-order valence-electron chi connectivity index (χ3n) is 7.13. The van der Waals surface area contributed by atoms with Crippen LogP contribution >= 0.6 is 11.3 Å². The Bertz CT molecular complexity index is 1570. The second kappa shape index (κ2) is 9.78. The zero-order valence-electron chi connectivity index (χ0n) is 21.8. The number of amides is 1. The lowest BCUT2D eigenvalue weighted by Crippen LogP contribution is -2.26. The van der Waals surface area contributed by atoms with Gasteiger partial charge in [-0.3, -0.25) is 4.79 Å². The number of halogens is 3. The van der Waals surface area contributed by atoms with E-state index in [1.807, 2.05) is 0 Å². The van der Waals surface area contributed by atoms with E-state index in [1.54, 1.807) is 30.3 Å². The molecule has 0 radical (unpaired) electrons. The molecule has 0 spiro atoms. The van der Waals surface area contributed by atoms with E-state index in [0.29, 0.717) is 33.0 Å². The van der Waals surface area contributed by atoms with Gasteiger partial charge in [-0.05, 0) is 42.2 Å². The molecule has 7 nitrogen and oxygen atoms in total. The van der Waals surface area contributed by atoms with E-state index in [0.717, 1.165) is 29.3 Å². The average Bonchev–Trinajstić information content (AvgIpc) is 3.47. The Morgan fingerprint density at radius 1 is 1.13 bits per heavy atom. The summed E-state index contributed by atoms with van der Waals surface area (Å²) >= 11 is 1.30. The Morgan fingerprint density at radius 3 is 2.49 bits per heavy atom. The van der Waals surface area contributed by atoms with E-state index in [4.69, 9.17) is 4.74 Å². The maximum atomic E-state index is 14.0. The Balaban J connectivity index is 1.53. The second-order valence-corrected chi connectivity index (χ2v) is 11.8. The number of nitrogens with one attached hydrogen (secondary N) is 1. The van der Waals surface area contributed by atoms with Gasteiger partial charge >= 0.3 is 12.1 Å². The third-order valence-corrected chi connectivity index (χ3v) is 8.30. The normalized spacial score (nSPS) is 15.7. The van der Waals surface area contributed by atoms with Crippen molar-refractivity contribution in [1.82, 2.24) is 14.6 Å². The first-order chi connectivity index (χ1) is 18.4. The number of fused-ring (bicyclic) bond motifs is 2. The molecule has 0 aliphatic heterocycles. The maximum Gasteiger partial charge on any atom is 0.433 e. The molecule has 0 unspecified atom stereocenters. The Hall–Kier alpha value is -3.73. The molecule has 11 heteroatoms. The zero-order valence-corrected chi connectivity index (χ0v) is 22.7. The van der Waals surface area contributed by atoms with Crippen LogP contribution in [0.5, 0.6) is 0 Å². The molecular weight excluding hydrogens is 529 g/mol. The summed E-state index contributed by atoms with van der Waals surface area (Å²) < 4.78 is 47.5. The first kappa shape index (κ1) is 26.9. The first-order valence-electron chi connectivity index (χ1n) is 12.4. The van der Waals surface area contributed by atoms with Crippen molar-refractivity contribution in [2.75, 3.05) is 12.4 Å². The van der Waals surface area contributed by atoms with Crippen LogP contribution < -0.4 is 5.32 Å². The number of nitrogens with zero attached hydrogens (tertiary/aromatic N) is 3. The van der Waals surface area contributed by atoms with Gasteiger partial charge in [-0.1, -0.05) is 51.1 Å². The number of aromatic nitrogens is 3. The van der Waals surface area contributed by atoms with Gasteiger partial charge in [0.05, 0.1) is 18.4 Å². The van der Waals surface area contributed by atoms with E-state index >= 15 is 0 Å². The minimum absolute atomic E-state index is 0.0782. The number of hydrogen-bond acceptors (Lipinski definition) is 6. The number of ether oxygens (including phenoxy) is 1. The minimum Gasteiger partial charge on any atom is -0.465 e. The molecule has 4 aromatic rings. The number of benzene rings is 1. The van der Waals surface area contributed by atoms with Gasteiger partial charge in [-0.25, -0.2) is 14.3 Å². The Morgan fingerprint density at radius 2 is 1.85 bits per heavy atom. The Labute approximate surface area is 227 Å². The molecule has 39 heavy (non-hydrogen) atoms. The van der Waals surface area contributed by atoms with Gasteiger partial charge in [-0.2, -0.15) is 18.3 Å². The van der Waals surface area contributed by atoms with Gasteiger partial charge < -0.3 is 10.1 Å². The molecule has 1 aliphatic rings. The topological polar surface area (TPSA) is 85.6 Å². The minimum atomic E-state index is -4.74. The molecule has 5 rings (SSSR count). The van der Waals surface area contributed by atoms with E-state index in [9.17, 15) is 22.8 Å². The van der Waals surface area contributed by atoms with Gasteiger partial charge in [0.25, 0.3) is 5.91 Å². The number of alkyl halides is 3. The van der Waals surface area contributed by atoms with Gasteiger partial charge in [0, 0.05) is 16.5 Å². The summed E-state index contributed by atoms with van der Waals surface area (Å²) in [5, 5.41) is 6.96. The van der Waals surface area contributed by atoms with Crippen molar-refractivity contribution in [3.8, 4) is 11.3 Å². The second-order valence-electron chi connectivity index (χ2n) is 10.6. The average molecular weight is 557 g/mol. The van der Waals surface area contributed by atoms with Crippen molar-refractivity contribution in [1.29, 1.82) is 0 Å². The molecule has 1 atom stereocenters. The molecule has 0 saturated carbocycles.